The molecule has 1 aromatic carbocycles. The first-order valence-corrected chi connectivity index (χ1v) is 6.35. The number of hydrogen-bond donors (Lipinski definition) is 2. The molecule has 1 amide bonds. The number of methoxy groups -OCH3 is 1. The van der Waals surface area contributed by atoms with Gasteiger partial charge in [0.15, 0.2) is 0 Å². The molecule has 0 aliphatic rings. The highest BCUT2D eigenvalue weighted by Gasteiger charge is 2.15. The second kappa shape index (κ2) is 7.71. The molecule has 1 aromatic rings. The number of nitrogens with two attached hydrogens (primary N) is 1. The maximum Gasteiger partial charge on any atom is 0.220 e. The van der Waals surface area contributed by atoms with E-state index in [0.717, 1.165) is 17.7 Å². The Kier molecular flexibility index (Phi) is 6.22. The Bertz CT molecular complexity index is 380. The Morgan fingerprint density at radius 3 is 2.78 bits per heavy atom. The van der Waals surface area contributed by atoms with E-state index < -0.39 is 0 Å². The molecule has 0 aromatic heterocycles. The highest BCUT2D eigenvalue weighted by molar-refractivity contribution is 5.76. The van der Waals surface area contributed by atoms with Gasteiger partial charge in [0.25, 0.3) is 0 Å². The molecule has 4 heteroatoms. The Labute approximate surface area is 109 Å². The van der Waals surface area contributed by atoms with Crippen LogP contribution in [-0.4, -0.2) is 19.6 Å². The van der Waals surface area contributed by atoms with E-state index in [1.165, 1.54) is 0 Å². The summed E-state index contributed by atoms with van der Waals surface area (Å²) in [7, 11) is 1.64. The number of hydrogen-bond acceptors (Lipinski definition) is 3. The minimum absolute atomic E-state index is 0.00794. The number of para-hydroxylation sites is 1. The highest BCUT2D eigenvalue weighted by Crippen LogP contribution is 2.26. The first-order valence-electron chi connectivity index (χ1n) is 6.35. The van der Waals surface area contributed by atoms with Gasteiger partial charge in [-0.3, -0.25) is 4.79 Å². The first-order chi connectivity index (χ1) is 8.72. The number of amides is 1. The summed E-state index contributed by atoms with van der Waals surface area (Å²) in [6.45, 7) is 2.58. The van der Waals surface area contributed by atoms with Gasteiger partial charge in [-0.1, -0.05) is 25.1 Å². The molecule has 0 radical (unpaired) electrons. The molecule has 0 heterocycles. The fourth-order valence-electron chi connectivity index (χ4n) is 1.88. The lowest BCUT2D eigenvalue weighted by Crippen LogP contribution is -2.28. The van der Waals surface area contributed by atoms with Crippen LogP contribution in [0.3, 0.4) is 0 Å². The van der Waals surface area contributed by atoms with Crippen molar-refractivity contribution < 1.29 is 9.53 Å². The van der Waals surface area contributed by atoms with Crippen LogP contribution in [0.5, 0.6) is 5.75 Å². The van der Waals surface area contributed by atoms with Crippen molar-refractivity contribution in [3.63, 3.8) is 0 Å². The second-order valence-electron chi connectivity index (χ2n) is 4.16. The number of nitrogens with one attached hydrogen (secondary N) is 1. The van der Waals surface area contributed by atoms with Gasteiger partial charge in [-0.05, 0) is 25.5 Å². The quantitative estimate of drug-likeness (QED) is 0.778. The van der Waals surface area contributed by atoms with E-state index in [-0.39, 0.29) is 11.9 Å². The molecule has 3 N–H and O–H groups in total. The lowest BCUT2D eigenvalue weighted by molar-refractivity contribution is -0.121. The number of ether oxygens (including phenoxy) is 1. The van der Waals surface area contributed by atoms with Gasteiger partial charge >= 0.3 is 0 Å². The average molecular weight is 250 g/mol. The number of rotatable bonds is 7. The monoisotopic (exact) mass is 250 g/mol. The molecule has 18 heavy (non-hydrogen) atoms. The molecule has 0 bridgehead atoms. The summed E-state index contributed by atoms with van der Waals surface area (Å²) in [4.78, 5) is 11.7. The van der Waals surface area contributed by atoms with Gasteiger partial charge in [-0.15, -0.1) is 0 Å². The molecule has 0 aliphatic carbocycles. The van der Waals surface area contributed by atoms with Crippen LogP contribution in [-0.2, 0) is 4.79 Å². The summed E-state index contributed by atoms with van der Waals surface area (Å²) in [6.07, 6.45) is 2.02. The molecular formula is C14H22N2O2. The lowest BCUT2D eigenvalue weighted by Gasteiger charge is -2.19. The van der Waals surface area contributed by atoms with E-state index in [0.29, 0.717) is 19.4 Å². The van der Waals surface area contributed by atoms with Crippen LogP contribution in [0.15, 0.2) is 24.3 Å². The molecule has 0 spiro atoms. The molecule has 0 aliphatic heterocycles. The molecule has 100 valence electrons. The summed E-state index contributed by atoms with van der Waals surface area (Å²) in [6, 6.07) is 7.75. The molecule has 0 fully saturated rings. The van der Waals surface area contributed by atoms with Crippen molar-refractivity contribution in [1.29, 1.82) is 0 Å². The maximum absolute atomic E-state index is 11.7. The Morgan fingerprint density at radius 2 is 2.17 bits per heavy atom. The Hall–Kier alpha value is -1.55. The van der Waals surface area contributed by atoms with Crippen LogP contribution >= 0.6 is 0 Å². The van der Waals surface area contributed by atoms with Crippen molar-refractivity contribution in [3.8, 4) is 5.75 Å². The van der Waals surface area contributed by atoms with E-state index >= 15 is 0 Å². The zero-order valence-electron chi connectivity index (χ0n) is 11.1. The van der Waals surface area contributed by atoms with Crippen molar-refractivity contribution in [2.75, 3.05) is 13.7 Å². The lowest BCUT2D eigenvalue weighted by atomic mass is 10.0. The van der Waals surface area contributed by atoms with Crippen molar-refractivity contribution in [2.45, 2.75) is 32.2 Å². The number of carbonyl (C=O) groups excluding carboxylic acids is 1. The minimum Gasteiger partial charge on any atom is -0.496 e. The van der Waals surface area contributed by atoms with Crippen molar-refractivity contribution in [1.82, 2.24) is 5.32 Å². The van der Waals surface area contributed by atoms with Gasteiger partial charge in [0.05, 0.1) is 13.2 Å². The van der Waals surface area contributed by atoms with Gasteiger partial charge in [0.1, 0.15) is 5.75 Å². The van der Waals surface area contributed by atoms with E-state index in [4.69, 9.17) is 10.5 Å². The van der Waals surface area contributed by atoms with Crippen molar-refractivity contribution in [3.05, 3.63) is 29.8 Å². The van der Waals surface area contributed by atoms with E-state index in [2.05, 4.69) is 5.32 Å². The predicted molar refractivity (Wildman–Crippen MR) is 72.5 cm³/mol. The Morgan fingerprint density at radius 1 is 1.44 bits per heavy atom. The third kappa shape index (κ3) is 4.04. The average Bonchev–Trinajstić information content (AvgIpc) is 2.42. The second-order valence-corrected chi connectivity index (χ2v) is 4.16. The van der Waals surface area contributed by atoms with Gasteiger partial charge < -0.3 is 15.8 Å². The third-order valence-corrected chi connectivity index (χ3v) is 2.87. The van der Waals surface area contributed by atoms with Gasteiger partial charge in [0.2, 0.25) is 5.91 Å². The molecule has 1 atom stereocenters. The van der Waals surface area contributed by atoms with Gasteiger partial charge in [-0.25, -0.2) is 0 Å². The zero-order valence-corrected chi connectivity index (χ0v) is 11.1. The van der Waals surface area contributed by atoms with Gasteiger partial charge in [0, 0.05) is 12.0 Å². The zero-order chi connectivity index (χ0) is 13.4. The number of carbonyl (C=O) groups is 1. The van der Waals surface area contributed by atoms with Gasteiger partial charge in [-0.2, -0.15) is 0 Å². The van der Waals surface area contributed by atoms with Crippen molar-refractivity contribution in [2.24, 2.45) is 5.73 Å². The van der Waals surface area contributed by atoms with E-state index in [9.17, 15) is 4.79 Å². The fraction of sp³-hybridized carbons (Fsp3) is 0.500. The Balaban J connectivity index is 2.73. The van der Waals surface area contributed by atoms with Crippen molar-refractivity contribution >= 4 is 5.91 Å². The largest absolute Gasteiger partial charge is 0.496 e. The fourth-order valence-corrected chi connectivity index (χ4v) is 1.88. The van der Waals surface area contributed by atoms with Crippen LogP contribution in [0.2, 0.25) is 0 Å². The summed E-state index contributed by atoms with van der Waals surface area (Å²) in [5, 5.41) is 3.02. The normalized spacial score (nSPS) is 11.9. The molecule has 4 nitrogen and oxygen atoms in total. The predicted octanol–water partition coefficient (Wildman–Crippen LogP) is 2.00. The molecule has 0 saturated carbocycles. The first kappa shape index (κ1) is 14.5. The van der Waals surface area contributed by atoms with E-state index in [1.54, 1.807) is 7.11 Å². The number of benzene rings is 1. The molecule has 1 rings (SSSR count). The van der Waals surface area contributed by atoms with Crippen LogP contribution in [0.4, 0.5) is 0 Å². The van der Waals surface area contributed by atoms with Crippen LogP contribution in [0.25, 0.3) is 0 Å². The summed E-state index contributed by atoms with van der Waals surface area (Å²) < 4.78 is 5.32. The SMILES string of the molecule is CCC(NC(=O)CCCN)c1ccccc1OC. The van der Waals surface area contributed by atoms with E-state index in [1.807, 2.05) is 31.2 Å². The standard InChI is InChI=1S/C14H22N2O2/c1-3-12(16-14(17)9-6-10-15)11-7-4-5-8-13(11)18-2/h4-5,7-8,12H,3,6,9-10,15H2,1-2H3,(H,16,17). The summed E-state index contributed by atoms with van der Waals surface area (Å²) >= 11 is 0. The van der Waals surface area contributed by atoms with Crippen LogP contribution < -0.4 is 15.8 Å². The maximum atomic E-state index is 11.7. The molecular weight excluding hydrogens is 228 g/mol. The minimum atomic E-state index is -0.00794. The molecule has 1 unspecified atom stereocenters. The topological polar surface area (TPSA) is 64.4 Å². The van der Waals surface area contributed by atoms with Crippen LogP contribution in [0.1, 0.15) is 37.8 Å². The third-order valence-electron chi connectivity index (χ3n) is 2.87. The summed E-state index contributed by atoms with van der Waals surface area (Å²) in [5.41, 5.74) is 6.41. The highest BCUT2D eigenvalue weighted by atomic mass is 16.5. The molecule has 0 saturated heterocycles. The summed E-state index contributed by atoms with van der Waals surface area (Å²) in [5.74, 6) is 0.849. The smallest absolute Gasteiger partial charge is 0.220 e. The van der Waals surface area contributed by atoms with Crippen LogP contribution in [0, 0.1) is 0 Å².